The minimum absolute atomic E-state index is 0.233. The highest BCUT2D eigenvalue weighted by molar-refractivity contribution is 6.35. The van der Waals surface area contributed by atoms with Crippen molar-refractivity contribution in [1.82, 2.24) is 19.4 Å². The Hall–Kier alpha value is -1.85. The minimum Gasteiger partial charge on any atom is -0.374 e. The van der Waals surface area contributed by atoms with E-state index in [4.69, 9.17) is 11.6 Å². The van der Waals surface area contributed by atoms with Crippen LogP contribution in [0.1, 0.15) is 12.2 Å². The topological polar surface area (TPSA) is 41.4 Å². The van der Waals surface area contributed by atoms with Gasteiger partial charge in [-0.15, -0.1) is 0 Å². The minimum atomic E-state index is -0.233. The van der Waals surface area contributed by atoms with Crippen LogP contribution < -0.4 is 5.56 Å². The lowest BCUT2D eigenvalue weighted by atomic mass is 10.2. The fraction of sp³-hybridized carbons (Fsp3) is 0.412. The number of hydrogen-bond donors (Lipinski definition) is 0. The molecule has 2 aromatic rings. The first-order valence-electron chi connectivity index (χ1n) is 7.96. The molecule has 1 fully saturated rings. The van der Waals surface area contributed by atoms with Crippen molar-refractivity contribution in [2.45, 2.75) is 13.0 Å². The molecule has 2 aliphatic heterocycles. The van der Waals surface area contributed by atoms with Gasteiger partial charge in [0.15, 0.2) is 0 Å². The van der Waals surface area contributed by atoms with Crippen molar-refractivity contribution in [2.24, 2.45) is 0 Å². The number of piperazine rings is 1. The number of hydrogen-bond acceptors (Lipinski definition) is 4. The van der Waals surface area contributed by atoms with Crippen LogP contribution in [0.3, 0.4) is 0 Å². The highest BCUT2D eigenvalue weighted by Crippen LogP contribution is 2.30. The van der Waals surface area contributed by atoms with Crippen molar-refractivity contribution in [2.75, 3.05) is 33.2 Å². The van der Waals surface area contributed by atoms with Gasteiger partial charge in [-0.3, -0.25) is 4.79 Å². The second-order valence-electron chi connectivity index (χ2n) is 6.27. The Kier molecular flexibility index (Phi) is 3.62. The van der Waals surface area contributed by atoms with Gasteiger partial charge in [-0.1, -0.05) is 17.7 Å². The van der Waals surface area contributed by atoms with Gasteiger partial charge in [0.2, 0.25) is 0 Å². The van der Waals surface area contributed by atoms with Crippen LogP contribution in [0.25, 0.3) is 16.5 Å². The summed E-state index contributed by atoms with van der Waals surface area (Å²) >= 11 is 6.19. The van der Waals surface area contributed by atoms with E-state index in [0.29, 0.717) is 10.4 Å². The quantitative estimate of drug-likeness (QED) is 0.802. The lowest BCUT2D eigenvalue weighted by Gasteiger charge is -2.31. The molecule has 4 rings (SSSR count). The monoisotopic (exact) mass is 330 g/mol. The normalized spacial score (nSPS) is 20.4. The van der Waals surface area contributed by atoms with Gasteiger partial charge in [0.05, 0.1) is 15.9 Å². The van der Waals surface area contributed by atoms with Gasteiger partial charge in [-0.05, 0) is 25.6 Å². The van der Waals surface area contributed by atoms with Crippen molar-refractivity contribution >= 4 is 28.1 Å². The average molecular weight is 331 g/mol. The third-order valence-electron chi connectivity index (χ3n) is 4.73. The van der Waals surface area contributed by atoms with Crippen LogP contribution in [0, 0.1) is 0 Å². The molecular formula is C17H19ClN4O. The van der Waals surface area contributed by atoms with Crippen LogP contribution in [-0.4, -0.2) is 52.6 Å². The Morgan fingerprint density at radius 2 is 1.96 bits per heavy atom. The second-order valence-corrected chi connectivity index (χ2v) is 6.68. The predicted octanol–water partition coefficient (Wildman–Crippen LogP) is 2.04. The molecule has 1 aromatic carbocycles. The summed E-state index contributed by atoms with van der Waals surface area (Å²) in [6.45, 7) is 5.01. The number of fused-ring (bicyclic) bond motifs is 3. The number of benzene rings is 1. The molecule has 1 saturated heterocycles. The molecule has 0 spiro atoms. The molecule has 0 unspecified atom stereocenters. The molecule has 0 atom stereocenters. The first-order chi connectivity index (χ1) is 11.1. The number of nitrogens with zero attached hydrogens (tertiary/aromatic N) is 4. The first kappa shape index (κ1) is 14.7. The van der Waals surface area contributed by atoms with E-state index in [0.717, 1.165) is 56.1 Å². The zero-order valence-electron chi connectivity index (χ0n) is 13.1. The van der Waals surface area contributed by atoms with Crippen molar-refractivity contribution in [3.8, 4) is 0 Å². The molecule has 6 heteroatoms. The van der Waals surface area contributed by atoms with Gasteiger partial charge >= 0.3 is 0 Å². The lowest BCUT2D eigenvalue weighted by Crippen LogP contribution is -2.41. The lowest BCUT2D eigenvalue weighted by molar-refractivity contribution is 0.199. The third kappa shape index (κ3) is 2.54. The Labute approximate surface area is 139 Å². The van der Waals surface area contributed by atoms with Gasteiger partial charge in [-0.25, -0.2) is 0 Å². The molecule has 0 bridgehead atoms. The Morgan fingerprint density at radius 1 is 1.17 bits per heavy atom. The second kappa shape index (κ2) is 5.65. The summed E-state index contributed by atoms with van der Waals surface area (Å²) in [4.78, 5) is 21.4. The van der Waals surface area contributed by atoms with Crippen LogP contribution in [-0.2, 0) is 6.54 Å². The zero-order chi connectivity index (χ0) is 16.0. The molecule has 1 aromatic heterocycles. The molecule has 120 valence electrons. The summed E-state index contributed by atoms with van der Waals surface area (Å²) in [6.07, 6.45) is 3.10. The molecule has 5 nitrogen and oxygen atoms in total. The Morgan fingerprint density at radius 3 is 2.74 bits per heavy atom. The van der Waals surface area contributed by atoms with Crippen LogP contribution in [0.5, 0.6) is 0 Å². The van der Waals surface area contributed by atoms with E-state index >= 15 is 0 Å². The van der Waals surface area contributed by atoms with Gasteiger partial charge in [0, 0.05) is 44.5 Å². The number of allylic oxidation sites excluding steroid dienone is 1. The van der Waals surface area contributed by atoms with E-state index in [1.165, 1.54) is 0 Å². The largest absolute Gasteiger partial charge is 0.374 e. The maximum Gasteiger partial charge on any atom is 0.282 e. The van der Waals surface area contributed by atoms with E-state index in [1.54, 1.807) is 6.07 Å². The van der Waals surface area contributed by atoms with Crippen LogP contribution in [0.15, 0.2) is 29.2 Å². The van der Waals surface area contributed by atoms with Gasteiger partial charge in [0.25, 0.3) is 5.56 Å². The molecule has 23 heavy (non-hydrogen) atoms. The molecule has 0 amide bonds. The van der Waals surface area contributed by atoms with Crippen molar-refractivity contribution in [1.29, 1.82) is 0 Å². The smallest absolute Gasteiger partial charge is 0.282 e. The molecule has 0 radical (unpaired) electrons. The number of aryl methyl sites for hydroxylation is 1. The molecule has 2 aliphatic rings. The van der Waals surface area contributed by atoms with Crippen LogP contribution in [0.2, 0.25) is 5.02 Å². The zero-order valence-corrected chi connectivity index (χ0v) is 13.9. The molecule has 3 heterocycles. The van der Waals surface area contributed by atoms with Gasteiger partial charge in [-0.2, -0.15) is 4.98 Å². The van der Waals surface area contributed by atoms with Crippen molar-refractivity contribution in [3.05, 3.63) is 45.6 Å². The van der Waals surface area contributed by atoms with E-state index < -0.39 is 0 Å². The number of rotatable bonds is 1. The highest BCUT2D eigenvalue weighted by atomic mass is 35.5. The molecular weight excluding hydrogens is 312 g/mol. The van der Waals surface area contributed by atoms with E-state index in [2.05, 4.69) is 32.6 Å². The molecule has 0 aliphatic carbocycles. The van der Waals surface area contributed by atoms with Crippen LogP contribution in [0.4, 0.5) is 0 Å². The third-order valence-corrected chi connectivity index (χ3v) is 5.04. The van der Waals surface area contributed by atoms with Gasteiger partial charge in [0.1, 0.15) is 5.82 Å². The fourth-order valence-electron chi connectivity index (χ4n) is 3.39. The van der Waals surface area contributed by atoms with E-state index in [-0.39, 0.29) is 5.56 Å². The Balaban J connectivity index is 1.78. The average Bonchev–Trinajstić information content (AvgIpc) is 2.93. The summed E-state index contributed by atoms with van der Waals surface area (Å²) < 4.78 is 2.12. The SMILES string of the molecule is CN1CCN(/C=C2\CCn3c2nc(=O)c2c(Cl)cccc23)CC1. The number of aromatic nitrogens is 2. The van der Waals surface area contributed by atoms with Crippen molar-refractivity contribution in [3.63, 3.8) is 0 Å². The summed E-state index contributed by atoms with van der Waals surface area (Å²) in [6, 6.07) is 5.59. The highest BCUT2D eigenvalue weighted by Gasteiger charge is 2.22. The van der Waals surface area contributed by atoms with Crippen molar-refractivity contribution < 1.29 is 0 Å². The van der Waals surface area contributed by atoms with Crippen LogP contribution >= 0.6 is 11.6 Å². The maximum absolute atomic E-state index is 12.4. The first-order valence-corrected chi connectivity index (χ1v) is 8.34. The summed E-state index contributed by atoms with van der Waals surface area (Å²) in [5, 5.41) is 1.01. The van der Waals surface area contributed by atoms with E-state index in [1.807, 2.05) is 12.1 Å². The maximum atomic E-state index is 12.4. The number of likely N-dealkylation sites (N-methyl/N-ethyl adjacent to an activating group) is 1. The Bertz CT molecular complexity index is 850. The van der Waals surface area contributed by atoms with E-state index in [9.17, 15) is 4.79 Å². The summed E-state index contributed by atoms with van der Waals surface area (Å²) in [5.41, 5.74) is 1.80. The van der Waals surface area contributed by atoms with Gasteiger partial charge < -0.3 is 14.4 Å². The molecule has 0 N–H and O–H groups in total. The number of halogens is 1. The standard InChI is InChI=1S/C17H19ClN4O/c1-20-7-9-21(10-8-20)11-12-5-6-22-14-4-2-3-13(18)15(14)17(23)19-16(12)22/h2-4,11H,5-10H2,1H3/b12-11+. The summed E-state index contributed by atoms with van der Waals surface area (Å²) in [7, 11) is 2.15. The predicted molar refractivity (Wildman–Crippen MR) is 92.7 cm³/mol. The fourth-order valence-corrected chi connectivity index (χ4v) is 3.64. The molecule has 0 saturated carbocycles. The summed E-state index contributed by atoms with van der Waals surface area (Å²) in [5.74, 6) is 0.795.